The Hall–Kier alpha value is -3.19. The second kappa shape index (κ2) is 10.0. The number of benzene rings is 2. The zero-order valence-electron chi connectivity index (χ0n) is 17.1. The highest BCUT2D eigenvalue weighted by atomic mass is 19.1. The summed E-state index contributed by atoms with van der Waals surface area (Å²) in [6.45, 7) is 4.77. The molecule has 30 heavy (non-hydrogen) atoms. The number of para-hydroxylation sites is 2. The molecule has 0 saturated carbocycles. The molecule has 1 aliphatic rings. The number of anilines is 1. The molecule has 7 heteroatoms. The van der Waals surface area contributed by atoms with Crippen LogP contribution in [0, 0.1) is 5.82 Å². The molecule has 2 aromatic carbocycles. The fraction of sp³-hybridized carbons (Fsp3) is 0.304. The van der Waals surface area contributed by atoms with E-state index in [2.05, 4.69) is 5.32 Å². The van der Waals surface area contributed by atoms with Crippen molar-refractivity contribution in [3.05, 3.63) is 65.7 Å². The number of fused-ring (bicyclic) bond motifs is 1. The lowest BCUT2D eigenvalue weighted by Crippen LogP contribution is -2.44. The highest BCUT2D eigenvalue weighted by molar-refractivity contribution is 6.12. The van der Waals surface area contributed by atoms with Gasteiger partial charge in [-0.1, -0.05) is 24.3 Å². The van der Waals surface area contributed by atoms with Crippen LogP contribution in [-0.4, -0.2) is 37.6 Å². The molecule has 0 aromatic heterocycles. The number of amides is 2. The van der Waals surface area contributed by atoms with Gasteiger partial charge in [-0.05, 0) is 56.2 Å². The number of nitrogens with one attached hydrogen (secondary N) is 1. The maximum absolute atomic E-state index is 13.5. The van der Waals surface area contributed by atoms with Crippen LogP contribution in [0.15, 0.2) is 54.3 Å². The molecule has 0 radical (unpaired) electrons. The predicted octanol–water partition coefficient (Wildman–Crippen LogP) is 3.52. The summed E-state index contributed by atoms with van der Waals surface area (Å²) < 4.78 is 24.7. The first-order valence-electron chi connectivity index (χ1n) is 9.88. The van der Waals surface area contributed by atoms with E-state index in [1.54, 1.807) is 36.4 Å². The lowest BCUT2D eigenvalue weighted by Gasteiger charge is -2.30. The maximum atomic E-state index is 13.5. The van der Waals surface area contributed by atoms with Gasteiger partial charge in [0.25, 0.3) is 5.91 Å². The Bertz CT molecular complexity index is 942. The van der Waals surface area contributed by atoms with E-state index in [0.717, 1.165) is 0 Å². The molecule has 6 nitrogen and oxygen atoms in total. The van der Waals surface area contributed by atoms with Crippen LogP contribution in [0.2, 0.25) is 0 Å². The molecule has 2 amide bonds. The smallest absolute Gasteiger partial charge is 0.294 e. The Kier molecular flexibility index (Phi) is 7.19. The number of ether oxygens (including phenoxy) is 2. The normalized spacial score (nSPS) is 14.6. The highest BCUT2D eigenvalue weighted by Gasteiger charge is 2.31. The molecule has 0 atom stereocenters. The number of rotatable bonds is 8. The summed E-state index contributed by atoms with van der Waals surface area (Å²) in [6.07, 6.45) is 2.30. The van der Waals surface area contributed by atoms with Crippen molar-refractivity contribution in [2.75, 3.05) is 24.6 Å². The van der Waals surface area contributed by atoms with Crippen molar-refractivity contribution in [3.8, 4) is 5.75 Å². The van der Waals surface area contributed by atoms with Gasteiger partial charge in [-0.3, -0.25) is 14.5 Å². The standard InChI is InChI=1S/C23H25FN2O4/c1-16(2)29-12-6-11-25-22(27)15-26-19-9-3-4-10-20(19)30-21(23(26)28)14-17-7-5-8-18(24)13-17/h3-5,7-10,13-14,16H,6,11-12,15H2,1-2H3,(H,25,27)/b21-14+. The molecule has 0 aliphatic carbocycles. The lowest BCUT2D eigenvalue weighted by molar-refractivity contribution is -0.123. The summed E-state index contributed by atoms with van der Waals surface area (Å²) in [5.41, 5.74) is 1.00. The summed E-state index contributed by atoms with van der Waals surface area (Å²) >= 11 is 0. The van der Waals surface area contributed by atoms with E-state index >= 15 is 0 Å². The van der Waals surface area contributed by atoms with Crippen molar-refractivity contribution in [1.82, 2.24) is 5.32 Å². The highest BCUT2D eigenvalue weighted by Crippen LogP contribution is 2.35. The Morgan fingerprint density at radius 3 is 2.80 bits per heavy atom. The van der Waals surface area contributed by atoms with Crippen LogP contribution >= 0.6 is 0 Å². The van der Waals surface area contributed by atoms with Gasteiger partial charge in [0.05, 0.1) is 11.8 Å². The molecule has 158 valence electrons. The topological polar surface area (TPSA) is 67.9 Å². The van der Waals surface area contributed by atoms with Crippen molar-refractivity contribution < 1.29 is 23.5 Å². The summed E-state index contributed by atoms with van der Waals surface area (Å²) in [5.74, 6) is -0.674. The van der Waals surface area contributed by atoms with Crippen LogP contribution in [0.1, 0.15) is 25.8 Å². The first-order chi connectivity index (χ1) is 14.4. The summed E-state index contributed by atoms with van der Waals surface area (Å²) in [7, 11) is 0. The molecule has 0 unspecified atom stereocenters. The van der Waals surface area contributed by atoms with Crippen LogP contribution in [0.5, 0.6) is 5.75 Å². The Labute approximate surface area is 175 Å². The van der Waals surface area contributed by atoms with E-state index in [-0.39, 0.29) is 24.3 Å². The van der Waals surface area contributed by atoms with E-state index in [1.807, 2.05) is 13.8 Å². The number of nitrogens with zero attached hydrogens (tertiary/aromatic N) is 1. The molecule has 1 aliphatic heterocycles. The fourth-order valence-corrected chi connectivity index (χ4v) is 2.99. The largest absolute Gasteiger partial charge is 0.449 e. The van der Waals surface area contributed by atoms with Crippen molar-refractivity contribution in [1.29, 1.82) is 0 Å². The third-order valence-corrected chi connectivity index (χ3v) is 4.37. The average Bonchev–Trinajstić information content (AvgIpc) is 2.70. The van der Waals surface area contributed by atoms with Crippen molar-refractivity contribution in [3.63, 3.8) is 0 Å². The molecule has 0 spiro atoms. The van der Waals surface area contributed by atoms with Gasteiger partial charge in [0.15, 0.2) is 11.5 Å². The van der Waals surface area contributed by atoms with Crippen molar-refractivity contribution in [2.45, 2.75) is 26.4 Å². The monoisotopic (exact) mass is 412 g/mol. The Morgan fingerprint density at radius 1 is 1.23 bits per heavy atom. The van der Waals surface area contributed by atoms with E-state index < -0.39 is 11.7 Å². The van der Waals surface area contributed by atoms with Crippen LogP contribution in [0.4, 0.5) is 10.1 Å². The van der Waals surface area contributed by atoms with Crippen LogP contribution in [0.3, 0.4) is 0 Å². The molecule has 0 fully saturated rings. The average molecular weight is 412 g/mol. The third kappa shape index (κ3) is 5.67. The van der Waals surface area contributed by atoms with E-state index in [1.165, 1.54) is 23.1 Å². The summed E-state index contributed by atoms with van der Waals surface area (Å²) in [5, 5.41) is 2.80. The van der Waals surface area contributed by atoms with Gasteiger partial charge >= 0.3 is 0 Å². The first kappa shape index (κ1) is 21.5. The molecular weight excluding hydrogens is 387 g/mol. The zero-order valence-corrected chi connectivity index (χ0v) is 17.1. The van der Waals surface area contributed by atoms with E-state index in [0.29, 0.717) is 36.6 Å². The van der Waals surface area contributed by atoms with Gasteiger partial charge in [-0.15, -0.1) is 0 Å². The number of carbonyl (C=O) groups excluding carboxylic acids is 2. The number of hydrogen-bond acceptors (Lipinski definition) is 4. The molecule has 0 bridgehead atoms. The SMILES string of the molecule is CC(C)OCCCNC(=O)CN1C(=O)/C(=C\c2cccc(F)c2)Oc2ccccc21. The quantitative estimate of drug-likeness (QED) is 0.532. The van der Waals surface area contributed by atoms with Gasteiger partial charge in [-0.25, -0.2) is 4.39 Å². The van der Waals surface area contributed by atoms with Crippen molar-refractivity contribution >= 4 is 23.6 Å². The summed E-state index contributed by atoms with van der Waals surface area (Å²) in [4.78, 5) is 26.8. The minimum atomic E-state index is -0.462. The molecular formula is C23H25FN2O4. The first-order valence-corrected chi connectivity index (χ1v) is 9.88. The van der Waals surface area contributed by atoms with Gasteiger partial charge in [0.1, 0.15) is 12.4 Å². The van der Waals surface area contributed by atoms with Gasteiger partial charge in [-0.2, -0.15) is 0 Å². The number of carbonyl (C=O) groups is 2. The molecule has 2 aromatic rings. The summed E-state index contributed by atoms with van der Waals surface area (Å²) in [6, 6.07) is 12.8. The third-order valence-electron chi connectivity index (χ3n) is 4.37. The van der Waals surface area contributed by atoms with Gasteiger partial charge in [0.2, 0.25) is 5.91 Å². The van der Waals surface area contributed by atoms with Crippen LogP contribution < -0.4 is 15.0 Å². The lowest BCUT2D eigenvalue weighted by atomic mass is 10.1. The predicted molar refractivity (Wildman–Crippen MR) is 113 cm³/mol. The molecule has 1 N–H and O–H groups in total. The van der Waals surface area contributed by atoms with Gasteiger partial charge in [0, 0.05) is 13.2 Å². The number of halogens is 1. The molecule has 0 saturated heterocycles. The fourth-order valence-electron chi connectivity index (χ4n) is 2.99. The second-order valence-corrected chi connectivity index (χ2v) is 7.15. The molecule has 3 rings (SSSR count). The maximum Gasteiger partial charge on any atom is 0.294 e. The van der Waals surface area contributed by atoms with E-state index in [9.17, 15) is 14.0 Å². The minimum Gasteiger partial charge on any atom is -0.449 e. The van der Waals surface area contributed by atoms with E-state index in [4.69, 9.17) is 9.47 Å². The molecule has 1 heterocycles. The minimum absolute atomic E-state index is 0.0254. The Morgan fingerprint density at radius 2 is 2.03 bits per heavy atom. The van der Waals surface area contributed by atoms with Crippen LogP contribution in [0.25, 0.3) is 6.08 Å². The zero-order chi connectivity index (χ0) is 21.5. The van der Waals surface area contributed by atoms with Crippen LogP contribution in [-0.2, 0) is 14.3 Å². The van der Waals surface area contributed by atoms with Gasteiger partial charge < -0.3 is 14.8 Å². The van der Waals surface area contributed by atoms with Crippen molar-refractivity contribution in [2.24, 2.45) is 0 Å². The second-order valence-electron chi connectivity index (χ2n) is 7.15. The Balaban J connectivity index is 1.72. The number of hydrogen-bond donors (Lipinski definition) is 1.